The highest BCUT2D eigenvalue weighted by Crippen LogP contribution is 2.34. The predicted molar refractivity (Wildman–Crippen MR) is 90.9 cm³/mol. The summed E-state index contributed by atoms with van der Waals surface area (Å²) in [4.78, 5) is 12.3. The highest BCUT2D eigenvalue weighted by Gasteiger charge is 2.19. The molecule has 0 spiro atoms. The first-order chi connectivity index (χ1) is 9.90. The summed E-state index contributed by atoms with van der Waals surface area (Å²) < 4.78 is 0. The zero-order valence-corrected chi connectivity index (χ0v) is 13.8. The van der Waals surface area contributed by atoms with Crippen LogP contribution in [0.4, 0.5) is 5.00 Å². The molecule has 0 saturated heterocycles. The molecule has 1 aromatic carbocycles. The molecule has 0 aliphatic heterocycles. The summed E-state index contributed by atoms with van der Waals surface area (Å²) in [5, 5.41) is 5.43. The van der Waals surface area contributed by atoms with Crippen LogP contribution in [0.3, 0.4) is 0 Å². The van der Waals surface area contributed by atoms with Gasteiger partial charge in [-0.1, -0.05) is 38.1 Å². The lowest BCUT2D eigenvalue weighted by Crippen LogP contribution is -2.30. The van der Waals surface area contributed by atoms with E-state index in [2.05, 4.69) is 43.4 Å². The minimum Gasteiger partial charge on any atom is -0.390 e. The number of benzene rings is 1. The Morgan fingerprint density at radius 3 is 2.29 bits per heavy atom. The number of hydrogen-bond acceptors (Lipinski definition) is 3. The van der Waals surface area contributed by atoms with Crippen LogP contribution >= 0.6 is 11.3 Å². The van der Waals surface area contributed by atoms with E-state index in [1.165, 1.54) is 16.9 Å². The van der Waals surface area contributed by atoms with E-state index in [0.29, 0.717) is 16.5 Å². The maximum atomic E-state index is 12.3. The van der Waals surface area contributed by atoms with Gasteiger partial charge in [0.1, 0.15) is 0 Å². The van der Waals surface area contributed by atoms with Gasteiger partial charge in [0.05, 0.1) is 10.6 Å². The van der Waals surface area contributed by atoms with E-state index in [0.717, 1.165) is 11.1 Å². The number of rotatable bonds is 4. The van der Waals surface area contributed by atoms with Gasteiger partial charge in [-0.25, -0.2) is 0 Å². The average molecular weight is 302 g/mol. The van der Waals surface area contributed by atoms with Crippen LogP contribution in [0.2, 0.25) is 0 Å². The SMILES string of the molecule is CC(C)NC(=O)c1c(-c2ccc(C(C)C)cc2)csc1N. The highest BCUT2D eigenvalue weighted by molar-refractivity contribution is 7.15. The van der Waals surface area contributed by atoms with Crippen molar-refractivity contribution in [3.05, 3.63) is 40.8 Å². The smallest absolute Gasteiger partial charge is 0.255 e. The molecule has 0 atom stereocenters. The number of thiophene rings is 1. The average Bonchev–Trinajstić information content (AvgIpc) is 2.80. The first-order valence-electron chi connectivity index (χ1n) is 7.18. The van der Waals surface area contributed by atoms with Crippen LogP contribution in [-0.4, -0.2) is 11.9 Å². The van der Waals surface area contributed by atoms with Crippen LogP contribution < -0.4 is 11.1 Å². The van der Waals surface area contributed by atoms with Gasteiger partial charge in [0, 0.05) is 17.0 Å². The van der Waals surface area contributed by atoms with E-state index < -0.39 is 0 Å². The van der Waals surface area contributed by atoms with Crippen molar-refractivity contribution >= 4 is 22.2 Å². The molecule has 1 aromatic heterocycles. The summed E-state index contributed by atoms with van der Waals surface area (Å²) >= 11 is 1.41. The van der Waals surface area contributed by atoms with Crippen molar-refractivity contribution in [1.82, 2.24) is 5.32 Å². The number of anilines is 1. The van der Waals surface area contributed by atoms with Crippen LogP contribution in [0.25, 0.3) is 11.1 Å². The van der Waals surface area contributed by atoms with Crippen LogP contribution in [0.1, 0.15) is 49.5 Å². The van der Waals surface area contributed by atoms with Gasteiger partial charge in [0.2, 0.25) is 0 Å². The van der Waals surface area contributed by atoms with Gasteiger partial charge < -0.3 is 11.1 Å². The second kappa shape index (κ2) is 6.31. The van der Waals surface area contributed by atoms with Gasteiger partial charge >= 0.3 is 0 Å². The second-order valence-electron chi connectivity index (χ2n) is 5.79. The lowest BCUT2D eigenvalue weighted by atomic mass is 9.98. The Hall–Kier alpha value is -1.81. The van der Waals surface area contributed by atoms with Crippen LogP contribution in [0.15, 0.2) is 29.6 Å². The number of carbonyl (C=O) groups is 1. The van der Waals surface area contributed by atoms with Crippen molar-refractivity contribution in [1.29, 1.82) is 0 Å². The summed E-state index contributed by atoms with van der Waals surface area (Å²) in [6, 6.07) is 8.43. The van der Waals surface area contributed by atoms with Crippen molar-refractivity contribution in [3.8, 4) is 11.1 Å². The second-order valence-corrected chi connectivity index (χ2v) is 6.70. The molecule has 112 valence electrons. The topological polar surface area (TPSA) is 55.1 Å². The minimum atomic E-state index is -0.105. The summed E-state index contributed by atoms with van der Waals surface area (Å²) in [7, 11) is 0. The van der Waals surface area contributed by atoms with E-state index in [1.54, 1.807) is 0 Å². The molecule has 0 aliphatic rings. The van der Waals surface area contributed by atoms with Gasteiger partial charge in [0.25, 0.3) is 5.91 Å². The fourth-order valence-corrected chi connectivity index (χ4v) is 3.02. The summed E-state index contributed by atoms with van der Waals surface area (Å²) in [5.74, 6) is 0.391. The number of nitrogens with two attached hydrogens (primary N) is 1. The van der Waals surface area contributed by atoms with Gasteiger partial charge in [-0.05, 0) is 30.9 Å². The molecule has 0 bridgehead atoms. The Morgan fingerprint density at radius 2 is 1.76 bits per heavy atom. The third-order valence-electron chi connectivity index (χ3n) is 3.35. The number of hydrogen-bond donors (Lipinski definition) is 2. The van der Waals surface area contributed by atoms with Crippen LogP contribution in [-0.2, 0) is 0 Å². The van der Waals surface area contributed by atoms with E-state index in [-0.39, 0.29) is 11.9 Å². The number of amides is 1. The van der Waals surface area contributed by atoms with Crippen molar-refractivity contribution in [2.75, 3.05) is 5.73 Å². The number of nitrogens with one attached hydrogen (secondary N) is 1. The molecule has 0 aliphatic carbocycles. The van der Waals surface area contributed by atoms with E-state index in [9.17, 15) is 4.79 Å². The van der Waals surface area contributed by atoms with Crippen molar-refractivity contribution < 1.29 is 4.79 Å². The normalized spacial score (nSPS) is 11.1. The fourth-order valence-electron chi connectivity index (χ4n) is 2.20. The molecule has 2 aromatic rings. The summed E-state index contributed by atoms with van der Waals surface area (Å²) in [6.07, 6.45) is 0. The molecular formula is C17H22N2OS. The molecule has 3 N–H and O–H groups in total. The molecule has 4 heteroatoms. The van der Waals surface area contributed by atoms with Crippen LogP contribution in [0.5, 0.6) is 0 Å². The quantitative estimate of drug-likeness (QED) is 0.886. The molecular weight excluding hydrogens is 280 g/mol. The molecule has 0 fully saturated rings. The third-order valence-corrected chi connectivity index (χ3v) is 4.17. The van der Waals surface area contributed by atoms with Crippen LogP contribution in [0, 0.1) is 0 Å². The molecule has 3 nitrogen and oxygen atoms in total. The maximum absolute atomic E-state index is 12.3. The third kappa shape index (κ3) is 3.45. The standard InChI is InChI=1S/C17H22N2OS/c1-10(2)12-5-7-13(8-6-12)14-9-21-16(18)15(14)17(20)19-11(3)4/h5-11H,18H2,1-4H3,(H,19,20). The summed E-state index contributed by atoms with van der Waals surface area (Å²) in [6.45, 7) is 8.22. The first kappa shape index (κ1) is 15.6. The number of carbonyl (C=O) groups excluding carboxylic acids is 1. The van der Waals surface area contributed by atoms with Gasteiger partial charge in [0.15, 0.2) is 0 Å². The zero-order chi connectivity index (χ0) is 15.6. The van der Waals surface area contributed by atoms with Gasteiger partial charge in [-0.3, -0.25) is 4.79 Å². The molecule has 0 saturated carbocycles. The van der Waals surface area contributed by atoms with E-state index in [4.69, 9.17) is 5.73 Å². The van der Waals surface area contributed by atoms with Crippen molar-refractivity contribution in [2.24, 2.45) is 0 Å². The predicted octanol–water partition coefficient (Wildman–Crippen LogP) is 4.26. The van der Waals surface area contributed by atoms with Gasteiger partial charge in [-0.2, -0.15) is 0 Å². The Labute approximate surface area is 130 Å². The minimum absolute atomic E-state index is 0.0907. The van der Waals surface area contributed by atoms with Crippen molar-refractivity contribution in [2.45, 2.75) is 39.7 Å². The van der Waals surface area contributed by atoms with E-state index >= 15 is 0 Å². The Kier molecular flexibility index (Phi) is 4.68. The molecule has 0 unspecified atom stereocenters. The Morgan fingerprint density at radius 1 is 1.14 bits per heavy atom. The molecule has 2 rings (SSSR count). The van der Waals surface area contributed by atoms with E-state index in [1.807, 2.05) is 19.2 Å². The first-order valence-corrected chi connectivity index (χ1v) is 8.06. The Balaban J connectivity index is 2.38. The fraction of sp³-hybridized carbons (Fsp3) is 0.353. The number of nitrogen functional groups attached to an aromatic ring is 1. The van der Waals surface area contributed by atoms with Gasteiger partial charge in [-0.15, -0.1) is 11.3 Å². The Bertz CT molecular complexity index is 627. The monoisotopic (exact) mass is 302 g/mol. The largest absolute Gasteiger partial charge is 0.390 e. The zero-order valence-electron chi connectivity index (χ0n) is 12.9. The molecule has 0 radical (unpaired) electrons. The lowest BCUT2D eigenvalue weighted by Gasteiger charge is -2.11. The maximum Gasteiger partial charge on any atom is 0.255 e. The highest BCUT2D eigenvalue weighted by atomic mass is 32.1. The van der Waals surface area contributed by atoms with Crippen molar-refractivity contribution in [3.63, 3.8) is 0 Å². The molecule has 1 heterocycles. The molecule has 1 amide bonds. The molecule has 21 heavy (non-hydrogen) atoms. The lowest BCUT2D eigenvalue weighted by molar-refractivity contribution is 0.0945. The summed E-state index contributed by atoms with van der Waals surface area (Å²) in [5.41, 5.74) is 9.80.